The monoisotopic (exact) mass is 585 g/mol. The second-order valence-electron chi connectivity index (χ2n) is 10.8. The lowest BCUT2D eigenvalue weighted by Gasteiger charge is -2.43. The average molecular weight is 586 g/mol. The number of hydrogen-bond donors (Lipinski definition) is 2. The molecule has 4 amide bonds. The van der Waals surface area contributed by atoms with Gasteiger partial charge in [-0.3, -0.25) is 34.0 Å². The Kier molecular flexibility index (Phi) is 8.01. The largest absolute Gasteiger partial charge is 0.433 e. The number of cyclic esters (lactones) is 1. The van der Waals surface area contributed by atoms with Crippen molar-refractivity contribution in [2.24, 2.45) is 0 Å². The van der Waals surface area contributed by atoms with Gasteiger partial charge in [0, 0.05) is 24.5 Å². The van der Waals surface area contributed by atoms with Gasteiger partial charge in [-0.25, -0.2) is 5.01 Å². The minimum absolute atomic E-state index is 0.0187. The Hall–Kier alpha value is -4.84. The molecule has 12 nitrogen and oxygen atoms in total. The summed E-state index contributed by atoms with van der Waals surface area (Å²) in [5, 5.41) is 9.51. The van der Waals surface area contributed by atoms with E-state index in [1.54, 1.807) is 18.2 Å². The van der Waals surface area contributed by atoms with E-state index < -0.39 is 48.1 Å². The highest BCUT2D eigenvalue weighted by atomic mass is 16.7. The quantitative estimate of drug-likeness (QED) is 0.400. The van der Waals surface area contributed by atoms with E-state index in [4.69, 9.17) is 9.47 Å². The molecule has 2 N–H and O–H groups in total. The fourth-order valence-corrected chi connectivity index (χ4v) is 5.77. The van der Waals surface area contributed by atoms with E-state index in [2.05, 4.69) is 15.6 Å². The number of hydrazine groups is 1. The molecule has 0 bridgehead atoms. The van der Waals surface area contributed by atoms with Crippen molar-refractivity contribution in [1.29, 1.82) is 0 Å². The maximum absolute atomic E-state index is 13.9. The second kappa shape index (κ2) is 12.2. The van der Waals surface area contributed by atoms with E-state index in [0.717, 1.165) is 10.9 Å². The Balaban J connectivity index is 1.18. The highest BCUT2D eigenvalue weighted by Gasteiger charge is 2.46. The first-order chi connectivity index (χ1) is 20.9. The van der Waals surface area contributed by atoms with Crippen molar-refractivity contribution in [2.75, 3.05) is 6.54 Å². The molecule has 0 spiro atoms. The van der Waals surface area contributed by atoms with Gasteiger partial charge in [0.25, 0.3) is 11.8 Å². The Morgan fingerprint density at radius 3 is 2.60 bits per heavy atom. The summed E-state index contributed by atoms with van der Waals surface area (Å²) in [5.41, 5.74) is 1.04. The van der Waals surface area contributed by atoms with Crippen LogP contribution in [0.1, 0.15) is 48.2 Å². The number of ether oxygens (including phenoxy) is 2. The summed E-state index contributed by atoms with van der Waals surface area (Å²) in [6.07, 6.45) is 1.32. The molecule has 4 heterocycles. The fraction of sp³-hybridized carbons (Fsp3) is 0.355. The third kappa shape index (κ3) is 5.91. The molecule has 3 aliphatic rings. The summed E-state index contributed by atoms with van der Waals surface area (Å²) in [6.45, 7) is 0.447. The van der Waals surface area contributed by atoms with Crippen LogP contribution in [0.5, 0.6) is 0 Å². The third-order valence-electron chi connectivity index (χ3n) is 7.91. The number of nitrogens with zero attached hydrogens (tertiary/aromatic N) is 3. The van der Waals surface area contributed by atoms with Crippen LogP contribution in [0.3, 0.4) is 0 Å². The Bertz CT molecular complexity index is 1560. The predicted molar refractivity (Wildman–Crippen MR) is 151 cm³/mol. The van der Waals surface area contributed by atoms with Crippen molar-refractivity contribution in [3.8, 4) is 0 Å². The first-order valence-electron chi connectivity index (χ1n) is 14.3. The van der Waals surface area contributed by atoms with Crippen LogP contribution in [0, 0.1) is 0 Å². The van der Waals surface area contributed by atoms with Crippen LogP contribution in [-0.4, -0.2) is 75.6 Å². The number of esters is 1. The minimum Gasteiger partial charge on any atom is -0.433 e. The van der Waals surface area contributed by atoms with Crippen LogP contribution in [-0.2, 0) is 35.3 Å². The summed E-state index contributed by atoms with van der Waals surface area (Å²) >= 11 is 0. The molecule has 3 fully saturated rings. The molecule has 3 saturated heterocycles. The van der Waals surface area contributed by atoms with E-state index in [0.29, 0.717) is 18.2 Å². The van der Waals surface area contributed by atoms with Crippen LogP contribution in [0.2, 0.25) is 0 Å². The number of nitrogens with one attached hydrogen (secondary N) is 2. The van der Waals surface area contributed by atoms with E-state index in [-0.39, 0.29) is 44.0 Å². The lowest BCUT2D eigenvalue weighted by atomic mass is 10.0. The van der Waals surface area contributed by atoms with E-state index >= 15 is 0 Å². The minimum atomic E-state index is -1.05. The van der Waals surface area contributed by atoms with Crippen molar-refractivity contribution in [3.63, 3.8) is 0 Å². The van der Waals surface area contributed by atoms with Crippen LogP contribution < -0.4 is 10.6 Å². The second-order valence-corrected chi connectivity index (χ2v) is 10.8. The Morgan fingerprint density at radius 2 is 1.77 bits per heavy atom. The van der Waals surface area contributed by atoms with Gasteiger partial charge in [-0.05, 0) is 36.3 Å². The molecule has 6 rings (SSSR count). The predicted octanol–water partition coefficient (Wildman–Crippen LogP) is 1.84. The molecule has 0 aliphatic carbocycles. The van der Waals surface area contributed by atoms with Gasteiger partial charge in [0.2, 0.25) is 18.1 Å². The normalized spacial score (nSPS) is 23.9. The summed E-state index contributed by atoms with van der Waals surface area (Å²) in [4.78, 5) is 70.3. The van der Waals surface area contributed by atoms with E-state index in [9.17, 15) is 24.0 Å². The van der Waals surface area contributed by atoms with Gasteiger partial charge in [0.15, 0.2) is 0 Å². The lowest BCUT2D eigenvalue weighted by Crippen LogP contribution is -2.64. The van der Waals surface area contributed by atoms with E-state index in [1.165, 1.54) is 16.2 Å². The Morgan fingerprint density at radius 1 is 0.977 bits per heavy atom. The van der Waals surface area contributed by atoms with Crippen molar-refractivity contribution < 1.29 is 33.4 Å². The molecular formula is C31H31N5O7. The standard InChI is InChI=1S/C31H31N5O7/c37-25-13-12-22(33-29(40)27-21-10-5-4-9-20(21)14-15-32-27)30(41)36-24(11-6-16-35(25)36)28(39)34-23-17-26(38)43-31(23)42-18-19-7-2-1-3-8-19/h1-5,7-10,14-15,22-24,31H,6,11-13,16-18H2,(H,33,40)(H,34,39)/t22-,23-,24+,31-/m1/s1. The van der Waals surface area contributed by atoms with Crippen LogP contribution in [0.25, 0.3) is 10.8 Å². The summed E-state index contributed by atoms with van der Waals surface area (Å²) in [5.74, 6) is -2.47. The molecule has 0 unspecified atom stereocenters. The number of carbonyl (C=O) groups is 5. The molecule has 4 atom stereocenters. The highest BCUT2D eigenvalue weighted by molar-refractivity contribution is 6.07. The fourth-order valence-electron chi connectivity index (χ4n) is 5.77. The van der Waals surface area contributed by atoms with Gasteiger partial charge < -0.3 is 20.1 Å². The van der Waals surface area contributed by atoms with Gasteiger partial charge in [-0.2, -0.15) is 0 Å². The molecule has 2 aromatic carbocycles. The van der Waals surface area contributed by atoms with Gasteiger partial charge in [-0.15, -0.1) is 0 Å². The maximum atomic E-state index is 13.9. The summed E-state index contributed by atoms with van der Waals surface area (Å²) in [7, 11) is 0. The van der Waals surface area contributed by atoms with Gasteiger partial charge in [0.05, 0.1) is 13.0 Å². The number of pyridine rings is 1. The lowest BCUT2D eigenvalue weighted by molar-refractivity contribution is -0.177. The molecule has 3 aliphatic heterocycles. The van der Waals surface area contributed by atoms with Gasteiger partial charge >= 0.3 is 5.97 Å². The van der Waals surface area contributed by atoms with Crippen LogP contribution in [0.4, 0.5) is 0 Å². The number of rotatable bonds is 7. The van der Waals surface area contributed by atoms with E-state index in [1.807, 2.05) is 42.5 Å². The smallest absolute Gasteiger partial charge is 0.310 e. The molecule has 43 heavy (non-hydrogen) atoms. The maximum Gasteiger partial charge on any atom is 0.310 e. The third-order valence-corrected chi connectivity index (χ3v) is 7.91. The first-order valence-corrected chi connectivity index (χ1v) is 14.3. The SMILES string of the molecule is O=C1C[C@@H](NC(=O)[C@@H]2CCCN3C(=O)CC[C@@H](NC(=O)c4nccc5ccccc45)C(=O)N23)[C@H](OCc2ccccc2)O1. The average Bonchev–Trinajstić information content (AvgIpc) is 3.33. The molecule has 3 aromatic rings. The Labute approximate surface area is 247 Å². The zero-order valence-electron chi connectivity index (χ0n) is 23.3. The highest BCUT2D eigenvalue weighted by Crippen LogP contribution is 2.27. The molecule has 0 radical (unpaired) electrons. The zero-order chi connectivity index (χ0) is 29.9. The number of fused-ring (bicyclic) bond motifs is 2. The van der Waals surface area contributed by atoms with Crippen molar-refractivity contribution >= 4 is 40.4 Å². The summed E-state index contributed by atoms with van der Waals surface area (Å²) in [6, 6.07) is 15.6. The molecular weight excluding hydrogens is 554 g/mol. The van der Waals surface area contributed by atoms with Gasteiger partial charge in [0.1, 0.15) is 23.8 Å². The first kappa shape index (κ1) is 28.3. The van der Waals surface area contributed by atoms with Crippen molar-refractivity contribution in [2.45, 2.75) is 63.1 Å². The number of amides is 4. The zero-order valence-corrected chi connectivity index (χ0v) is 23.3. The molecule has 222 valence electrons. The van der Waals surface area contributed by atoms with Crippen molar-refractivity contribution in [1.82, 2.24) is 25.6 Å². The van der Waals surface area contributed by atoms with Crippen LogP contribution >= 0.6 is 0 Å². The molecule has 0 saturated carbocycles. The number of benzene rings is 2. The topological polar surface area (TPSA) is 147 Å². The molecule has 12 heteroatoms. The number of hydrogen-bond acceptors (Lipinski definition) is 8. The van der Waals surface area contributed by atoms with Crippen LogP contribution in [0.15, 0.2) is 66.9 Å². The molecule has 1 aromatic heterocycles. The number of aromatic nitrogens is 1. The van der Waals surface area contributed by atoms with Crippen molar-refractivity contribution in [3.05, 3.63) is 78.1 Å². The summed E-state index contributed by atoms with van der Waals surface area (Å²) < 4.78 is 11.1. The number of carbonyl (C=O) groups excluding carboxylic acids is 5. The van der Waals surface area contributed by atoms with Gasteiger partial charge in [-0.1, -0.05) is 54.6 Å².